The molecule has 1 saturated heterocycles. The molecular weight excluding hydrogens is 370 g/mol. The summed E-state index contributed by atoms with van der Waals surface area (Å²) >= 11 is 0. The minimum absolute atomic E-state index is 0.118. The van der Waals surface area contributed by atoms with Crippen molar-refractivity contribution in [1.82, 2.24) is 4.98 Å². The molecule has 1 aliphatic heterocycles. The van der Waals surface area contributed by atoms with Gasteiger partial charge in [-0.1, -0.05) is 0 Å². The molecule has 1 aliphatic rings. The zero-order chi connectivity index (χ0) is 19.4. The highest BCUT2D eigenvalue weighted by Gasteiger charge is 2.27. The minimum atomic E-state index is -2.95. The zero-order valence-corrected chi connectivity index (χ0v) is 15.9. The highest BCUT2D eigenvalue weighted by molar-refractivity contribution is 7.91. The standard InChI is InChI=1S/C18H21N3O5S/c1-25-14-4-6-15(17(9-14)26-2)21-18(22)16-5-3-12(10-19-16)20-13-7-8-27(23,24)11-13/h3-6,9-10,13,20H,7-8,11H2,1-2H3,(H,21,22). The molecule has 0 saturated carbocycles. The van der Waals surface area contributed by atoms with Crippen LogP contribution >= 0.6 is 0 Å². The molecule has 144 valence electrons. The SMILES string of the molecule is COc1ccc(NC(=O)c2ccc(NC3CCS(=O)(=O)C3)cn2)c(OC)c1. The number of anilines is 2. The van der Waals surface area contributed by atoms with E-state index in [4.69, 9.17) is 9.47 Å². The zero-order valence-electron chi connectivity index (χ0n) is 15.1. The molecule has 1 aromatic carbocycles. The molecule has 27 heavy (non-hydrogen) atoms. The number of aromatic nitrogens is 1. The molecule has 8 nitrogen and oxygen atoms in total. The second-order valence-corrected chi connectivity index (χ2v) is 8.43. The van der Waals surface area contributed by atoms with Gasteiger partial charge < -0.3 is 20.1 Å². The molecule has 0 bridgehead atoms. The number of carbonyl (C=O) groups excluding carboxylic acids is 1. The van der Waals surface area contributed by atoms with Crippen LogP contribution in [-0.4, -0.2) is 51.1 Å². The summed E-state index contributed by atoms with van der Waals surface area (Å²) in [7, 11) is 0.104. The summed E-state index contributed by atoms with van der Waals surface area (Å²) in [6.07, 6.45) is 2.09. The molecule has 1 aromatic heterocycles. The fraction of sp³-hybridized carbons (Fsp3) is 0.333. The van der Waals surface area contributed by atoms with Crippen LogP contribution in [-0.2, 0) is 9.84 Å². The number of nitrogens with zero attached hydrogens (tertiary/aromatic N) is 1. The molecule has 0 spiro atoms. The Morgan fingerprint density at radius 1 is 1.19 bits per heavy atom. The average molecular weight is 391 g/mol. The first-order chi connectivity index (χ1) is 12.9. The molecule has 1 atom stereocenters. The number of nitrogens with one attached hydrogen (secondary N) is 2. The van der Waals surface area contributed by atoms with Crippen LogP contribution in [0, 0.1) is 0 Å². The van der Waals surface area contributed by atoms with E-state index in [0.717, 1.165) is 0 Å². The Morgan fingerprint density at radius 2 is 2.00 bits per heavy atom. The number of amides is 1. The molecule has 0 radical (unpaired) electrons. The number of hydrogen-bond acceptors (Lipinski definition) is 7. The Bertz CT molecular complexity index is 929. The summed E-state index contributed by atoms with van der Waals surface area (Å²) in [6, 6.07) is 8.24. The summed E-state index contributed by atoms with van der Waals surface area (Å²) in [5, 5.41) is 5.89. The lowest BCUT2D eigenvalue weighted by Gasteiger charge is -2.13. The topological polar surface area (TPSA) is 107 Å². The monoisotopic (exact) mass is 391 g/mol. The number of hydrogen-bond donors (Lipinski definition) is 2. The fourth-order valence-corrected chi connectivity index (χ4v) is 4.52. The lowest BCUT2D eigenvalue weighted by Crippen LogP contribution is -2.21. The Labute approximate surface area is 157 Å². The number of ether oxygens (including phenoxy) is 2. The molecule has 2 heterocycles. The van der Waals surface area contributed by atoms with Gasteiger partial charge in [0.1, 0.15) is 17.2 Å². The number of methoxy groups -OCH3 is 2. The second-order valence-electron chi connectivity index (χ2n) is 6.20. The Morgan fingerprint density at radius 3 is 2.59 bits per heavy atom. The maximum atomic E-state index is 12.4. The van der Waals surface area contributed by atoms with E-state index in [0.29, 0.717) is 29.3 Å². The summed E-state index contributed by atoms with van der Waals surface area (Å²) < 4.78 is 33.4. The number of rotatable bonds is 6. The Balaban J connectivity index is 1.66. The molecular formula is C18H21N3O5S. The summed E-state index contributed by atoms with van der Waals surface area (Å²) in [5.41, 5.74) is 1.41. The number of carbonyl (C=O) groups is 1. The van der Waals surface area contributed by atoms with E-state index >= 15 is 0 Å². The second kappa shape index (κ2) is 7.83. The van der Waals surface area contributed by atoms with Crippen molar-refractivity contribution in [3.05, 3.63) is 42.2 Å². The molecule has 1 unspecified atom stereocenters. The van der Waals surface area contributed by atoms with E-state index in [2.05, 4.69) is 15.6 Å². The molecule has 2 N–H and O–H groups in total. The van der Waals surface area contributed by atoms with Gasteiger partial charge in [-0.15, -0.1) is 0 Å². The molecule has 1 fully saturated rings. The van der Waals surface area contributed by atoms with E-state index < -0.39 is 9.84 Å². The van der Waals surface area contributed by atoms with E-state index in [1.165, 1.54) is 13.3 Å². The first-order valence-corrected chi connectivity index (χ1v) is 10.2. The van der Waals surface area contributed by atoms with Crippen molar-refractivity contribution in [1.29, 1.82) is 0 Å². The van der Waals surface area contributed by atoms with E-state index in [-0.39, 0.29) is 29.1 Å². The van der Waals surface area contributed by atoms with E-state index in [1.54, 1.807) is 37.4 Å². The van der Waals surface area contributed by atoms with Crippen molar-refractivity contribution < 1.29 is 22.7 Å². The number of sulfone groups is 1. The largest absolute Gasteiger partial charge is 0.497 e. The van der Waals surface area contributed by atoms with Crippen molar-refractivity contribution in [2.24, 2.45) is 0 Å². The molecule has 2 aromatic rings. The number of pyridine rings is 1. The van der Waals surface area contributed by atoms with Gasteiger partial charge in [0, 0.05) is 12.1 Å². The van der Waals surface area contributed by atoms with Gasteiger partial charge in [0.2, 0.25) is 0 Å². The first kappa shape index (κ1) is 19.0. The van der Waals surface area contributed by atoms with Crippen LogP contribution in [0.2, 0.25) is 0 Å². The van der Waals surface area contributed by atoms with Gasteiger partial charge in [-0.25, -0.2) is 13.4 Å². The minimum Gasteiger partial charge on any atom is -0.497 e. The van der Waals surface area contributed by atoms with E-state index in [9.17, 15) is 13.2 Å². The Kier molecular flexibility index (Phi) is 5.50. The first-order valence-electron chi connectivity index (χ1n) is 8.36. The summed E-state index contributed by atoms with van der Waals surface area (Å²) in [5.74, 6) is 1.03. The molecule has 1 amide bonds. The quantitative estimate of drug-likeness (QED) is 0.775. The van der Waals surface area contributed by atoms with Gasteiger partial charge >= 0.3 is 0 Å². The third-order valence-electron chi connectivity index (χ3n) is 4.26. The van der Waals surface area contributed by atoms with E-state index in [1.807, 2.05) is 0 Å². The Hall–Kier alpha value is -2.81. The summed E-state index contributed by atoms with van der Waals surface area (Å²) in [4.78, 5) is 16.6. The van der Waals surface area contributed by atoms with Crippen molar-refractivity contribution in [2.45, 2.75) is 12.5 Å². The molecule has 3 rings (SSSR count). The predicted molar refractivity (Wildman–Crippen MR) is 102 cm³/mol. The van der Waals surface area contributed by atoms with Crippen LogP contribution in [0.4, 0.5) is 11.4 Å². The van der Waals surface area contributed by atoms with Gasteiger partial charge in [-0.2, -0.15) is 0 Å². The smallest absolute Gasteiger partial charge is 0.274 e. The average Bonchev–Trinajstić information content (AvgIpc) is 3.00. The van der Waals surface area contributed by atoms with Gasteiger partial charge in [0.15, 0.2) is 9.84 Å². The van der Waals surface area contributed by atoms with Crippen LogP contribution in [0.3, 0.4) is 0 Å². The van der Waals surface area contributed by atoms with Gasteiger partial charge in [0.25, 0.3) is 5.91 Å². The highest BCUT2D eigenvalue weighted by Crippen LogP contribution is 2.29. The van der Waals surface area contributed by atoms with Gasteiger partial charge in [0.05, 0.1) is 43.3 Å². The third kappa shape index (κ3) is 4.68. The van der Waals surface area contributed by atoms with Crippen molar-refractivity contribution >= 4 is 27.1 Å². The summed E-state index contributed by atoms with van der Waals surface area (Å²) in [6.45, 7) is 0. The van der Waals surface area contributed by atoms with Crippen LogP contribution < -0.4 is 20.1 Å². The van der Waals surface area contributed by atoms with Crippen molar-refractivity contribution in [3.63, 3.8) is 0 Å². The van der Waals surface area contributed by atoms with Crippen molar-refractivity contribution in [3.8, 4) is 11.5 Å². The van der Waals surface area contributed by atoms with Crippen LogP contribution in [0.5, 0.6) is 11.5 Å². The van der Waals surface area contributed by atoms with Crippen LogP contribution in [0.25, 0.3) is 0 Å². The van der Waals surface area contributed by atoms with Gasteiger partial charge in [-0.3, -0.25) is 4.79 Å². The number of benzene rings is 1. The fourth-order valence-electron chi connectivity index (χ4n) is 2.85. The lowest BCUT2D eigenvalue weighted by atomic mass is 10.2. The highest BCUT2D eigenvalue weighted by atomic mass is 32.2. The molecule has 0 aliphatic carbocycles. The van der Waals surface area contributed by atoms with Crippen LogP contribution in [0.15, 0.2) is 36.5 Å². The maximum Gasteiger partial charge on any atom is 0.274 e. The third-order valence-corrected chi connectivity index (χ3v) is 6.02. The molecule has 9 heteroatoms. The predicted octanol–water partition coefficient (Wildman–Crippen LogP) is 1.95. The van der Waals surface area contributed by atoms with Crippen LogP contribution in [0.1, 0.15) is 16.9 Å². The normalized spacial score (nSPS) is 17.9. The van der Waals surface area contributed by atoms with Gasteiger partial charge in [-0.05, 0) is 30.7 Å². The lowest BCUT2D eigenvalue weighted by molar-refractivity contribution is 0.102. The maximum absolute atomic E-state index is 12.4. The van der Waals surface area contributed by atoms with Crippen molar-refractivity contribution in [2.75, 3.05) is 36.4 Å².